The number of nitrogens with two attached hydrogens (primary N) is 1. The van der Waals surface area contributed by atoms with Crippen molar-refractivity contribution in [3.05, 3.63) is 24.3 Å². The SMILES string of the molecule is CCN(C(=O)COc1ccccc1N)C1CCCC1. The highest BCUT2D eigenvalue weighted by molar-refractivity contribution is 5.78. The number of benzene rings is 1. The Morgan fingerprint density at radius 1 is 1.37 bits per heavy atom. The fourth-order valence-electron chi connectivity index (χ4n) is 2.69. The van der Waals surface area contributed by atoms with Gasteiger partial charge in [-0.1, -0.05) is 25.0 Å². The molecular weight excluding hydrogens is 240 g/mol. The van der Waals surface area contributed by atoms with Crippen molar-refractivity contribution >= 4 is 11.6 Å². The van der Waals surface area contributed by atoms with Crippen LogP contribution in [0.3, 0.4) is 0 Å². The van der Waals surface area contributed by atoms with Gasteiger partial charge in [-0.15, -0.1) is 0 Å². The molecule has 0 aromatic heterocycles. The summed E-state index contributed by atoms with van der Waals surface area (Å²) in [5, 5.41) is 0. The summed E-state index contributed by atoms with van der Waals surface area (Å²) >= 11 is 0. The van der Waals surface area contributed by atoms with Crippen LogP contribution < -0.4 is 10.5 Å². The highest BCUT2D eigenvalue weighted by atomic mass is 16.5. The molecule has 0 heterocycles. The molecule has 0 aliphatic heterocycles. The molecule has 0 radical (unpaired) electrons. The quantitative estimate of drug-likeness (QED) is 0.829. The standard InChI is InChI=1S/C15H22N2O2/c1-2-17(12-7-3-4-8-12)15(18)11-19-14-10-6-5-9-13(14)16/h5-6,9-10,12H,2-4,7-8,11,16H2,1H3. The lowest BCUT2D eigenvalue weighted by Crippen LogP contribution is -2.41. The molecule has 4 heteroatoms. The number of anilines is 1. The van der Waals surface area contributed by atoms with Crippen molar-refractivity contribution in [1.29, 1.82) is 0 Å². The zero-order valence-electron chi connectivity index (χ0n) is 11.5. The summed E-state index contributed by atoms with van der Waals surface area (Å²) in [6.45, 7) is 2.84. The minimum Gasteiger partial charge on any atom is -0.482 e. The third-order valence-corrected chi connectivity index (χ3v) is 3.70. The number of nitrogen functional groups attached to an aromatic ring is 1. The first-order valence-corrected chi connectivity index (χ1v) is 6.99. The summed E-state index contributed by atoms with van der Waals surface area (Å²) < 4.78 is 5.52. The summed E-state index contributed by atoms with van der Waals surface area (Å²) in [5.74, 6) is 0.635. The molecular formula is C15H22N2O2. The molecule has 1 aliphatic rings. The van der Waals surface area contributed by atoms with Gasteiger partial charge < -0.3 is 15.4 Å². The molecule has 1 amide bonds. The van der Waals surface area contributed by atoms with Crippen molar-refractivity contribution < 1.29 is 9.53 Å². The van der Waals surface area contributed by atoms with E-state index >= 15 is 0 Å². The van der Waals surface area contributed by atoms with Crippen molar-refractivity contribution in [1.82, 2.24) is 4.90 Å². The fraction of sp³-hybridized carbons (Fsp3) is 0.533. The predicted molar refractivity (Wildman–Crippen MR) is 76.0 cm³/mol. The molecule has 2 N–H and O–H groups in total. The van der Waals surface area contributed by atoms with Gasteiger partial charge in [-0.25, -0.2) is 0 Å². The number of nitrogens with zero attached hydrogens (tertiary/aromatic N) is 1. The second-order valence-corrected chi connectivity index (χ2v) is 4.94. The maximum absolute atomic E-state index is 12.2. The lowest BCUT2D eigenvalue weighted by molar-refractivity contribution is -0.135. The Hall–Kier alpha value is -1.71. The number of hydrogen-bond donors (Lipinski definition) is 1. The first-order chi connectivity index (χ1) is 9.22. The van der Waals surface area contributed by atoms with Crippen LogP contribution in [0, 0.1) is 0 Å². The monoisotopic (exact) mass is 262 g/mol. The van der Waals surface area contributed by atoms with Gasteiger partial charge in [0.15, 0.2) is 6.61 Å². The molecule has 104 valence electrons. The minimum absolute atomic E-state index is 0.0534. The summed E-state index contributed by atoms with van der Waals surface area (Å²) in [6, 6.07) is 7.66. The van der Waals surface area contributed by atoms with Crippen LogP contribution in [0.5, 0.6) is 5.75 Å². The molecule has 1 saturated carbocycles. The van der Waals surface area contributed by atoms with E-state index in [1.165, 1.54) is 12.8 Å². The number of para-hydroxylation sites is 2. The van der Waals surface area contributed by atoms with Gasteiger partial charge in [-0.3, -0.25) is 4.79 Å². The van der Waals surface area contributed by atoms with Crippen LogP contribution in [0.2, 0.25) is 0 Å². The Kier molecular flexibility index (Phi) is 4.66. The Labute approximate surface area is 114 Å². The van der Waals surface area contributed by atoms with E-state index in [4.69, 9.17) is 10.5 Å². The van der Waals surface area contributed by atoms with E-state index in [-0.39, 0.29) is 12.5 Å². The number of amides is 1. The van der Waals surface area contributed by atoms with E-state index in [0.29, 0.717) is 17.5 Å². The van der Waals surface area contributed by atoms with Crippen molar-refractivity contribution in [3.8, 4) is 5.75 Å². The maximum atomic E-state index is 12.2. The average molecular weight is 262 g/mol. The van der Waals surface area contributed by atoms with Crippen LogP contribution in [-0.2, 0) is 4.79 Å². The molecule has 0 spiro atoms. The van der Waals surface area contributed by atoms with E-state index in [9.17, 15) is 4.79 Å². The van der Waals surface area contributed by atoms with Gasteiger partial charge in [-0.05, 0) is 31.9 Å². The van der Waals surface area contributed by atoms with Crippen LogP contribution in [0.4, 0.5) is 5.69 Å². The lowest BCUT2D eigenvalue weighted by atomic mass is 10.2. The number of rotatable bonds is 5. The number of hydrogen-bond acceptors (Lipinski definition) is 3. The van der Waals surface area contributed by atoms with Gasteiger partial charge in [0.1, 0.15) is 5.75 Å². The van der Waals surface area contributed by atoms with E-state index in [2.05, 4.69) is 0 Å². The van der Waals surface area contributed by atoms with Gasteiger partial charge in [0, 0.05) is 12.6 Å². The van der Waals surface area contributed by atoms with Crippen LogP contribution in [-0.4, -0.2) is 30.0 Å². The molecule has 1 aliphatic carbocycles. The molecule has 1 aromatic rings. The van der Waals surface area contributed by atoms with E-state index in [1.54, 1.807) is 12.1 Å². The molecule has 1 aromatic carbocycles. The Morgan fingerprint density at radius 3 is 2.68 bits per heavy atom. The smallest absolute Gasteiger partial charge is 0.260 e. The highest BCUT2D eigenvalue weighted by Gasteiger charge is 2.25. The van der Waals surface area contributed by atoms with Crippen LogP contribution in [0.1, 0.15) is 32.6 Å². The number of carbonyl (C=O) groups is 1. The van der Waals surface area contributed by atoms with Gasteiger partial charge >= 0.3 is 0 Å². The van der Waals surface area contributed by atoms with E-state index in [0.717, 1.165) is 19.4 Å². The molecule has 0 saturated heterocycles. The topological polar surface area (TPSA) is 55.6 Å². The molecule has 1 fully saturated rings. The van der Waals surface area contributed by atoms with Gasteiger partial charge in [0.2, 0.25) is 0 Å². The fourth-order valence-corrected chi connectivity index (χ4v) is 2.69. The number of likely N-dealkylation sites (N-methyl/N-ethyl adjacent to an activating group) is 1. The zero-order chi connectivity index (χ0) is 13.7. The Bertz CT molecular complexity index is 428. The molecule has 4 nitrogen and oxygen atoms in total. The second-order valence-electron chi connectivity index (χ2n) is 4.94. The molecule has 2 rings (SSSR count). The molecule has 0 unspecified atom stereocenters. The zero-order valence-corrected chi connectivity index (χ0v) is 11.5. The predicted octanol–water partition coefficient (Wildman–Crippen LogP) is 2.44. The number of ether oxygens (including phenoxy) is 1. The molecule has 0 atom stereocenters. The third-order valence-electron chi connectivity index (χ3n) is 3.70. The van der Waals surface area contributed by atoms with E-state index < -0.39 is 0 Å². The summed E-state index contributed by atoms with van der Waals surface area (Å²) in [5.41, 5.74) is 6.36. The van der Waals surface area contributed by atoms with Crippen LogP contribution >= 0.6 is 0 Å². The van der Waals surface area contributed by atoms with Crippen molar-refractivity contribution in [2.45, 2.75) is 38.6 Å². The maximum Gasteiger partial charge on any atom is 0.260 e. The van der Waals surface area contributed by atoms with Crippen LogP contribution in [0.15, 0.2) is 24.3 Å². The molecule has 19 heavy (non-hydrogen) atoms. The average Bonchev–Trinajstić information content (AvgIpc) is 2.92. The van der Waals surface area contributed by atoms with Gasteiger partial charge in [-0.2, -0.15) is 0 Å². The lowest BCUT2D eigenvalue weighted by Gasteiger charge is -2.27. The summed E-state index contributed by atoms with van der Waals surface area (Å²) in [6.07, 6.45) is 4.68. The van der Waals surface area contributed by atoms with Crippen molar-refractivity contribution in [2.24, 2.45) is 0 Å². The number of carbonyl (C=O) groups excluding carboxylic acids is 1. The molecule has 0 bridgehead atoms. The normalized spacial score (nSPS) is 15.4. The van der Waals surface area contributed by atoms with Crippen molar-refractivity contribution in [2.75, 3.05) is 18.9 Å². The van der Waals surface area contributed by atoms with E-state index in [1.807, 2.05) is 24.0 Å². The van der Waals surface area contributed by atoms with Crippen molar-refractivity contribution in [3.63, 3.8) is 0 Å². The van der Waals surface area contributed by atoms with Crippen LogP contribution in [0.25, 0.3) is 0 Å². The van der Waals surface area contributed by atoms with Gasteiger partial charge in [0.05, 0.1) is 5.69 Å². The first kappa shape index (κ1) is 13.7. The second kappa shape index (κ2) is 6.45. The highest BCUT2D eigenvalue weighted by Crippen LogP contribution is 2.24. The summed E-state index contributed by atoms with van der Waals surface area (Å²) in [4.78, 5) is 14.1. The Balaban J connectivity index is 1.91. The largest absolute Gasteiger partial charge is 0.482 e. The third kappa shape index (κ3) is 3.40. The van der Waals surface area contributed by atoms with Gasteiger partial charge in [0.25, 0.3) is 5.91 Å². The Morgan fingerprint density at radius 2 is 2.05 bits per heavy atom. The minimum atomic E-state index is 0.0534. The first-order valence-electron chi connectivity index (χ1n) is 6.99. The summed E-state index contributed by atoms with van der Waals surface area (Å²) in [7, 11) is 0.